The van der Waals surface area contributed by atoms with Gasteiger partial charge in [-0.25, -0.2) is 17.5 Å². The summed E-state index contributed by atoms with van der Waals surface area (Å²) in [5.41, 5.74) is 0.475. The summed E-state index contributed by atoms with van der Waals surface area (Å²) in [7, 11) is -3.68. The van der Waals surface area contributed by atoms with Crippen molar-refractivity contribution in [3.63, 3.8) is 0 Å². The van der Waals surface area contributed by atoms with Crippen LogP contribution in [-0.2, 0) is 10.0 Å². The number of sulfonamides is 1. The zero-order chi connectivity index (χ0) is 15.7. The van der Waals surface area contributed by atoms with Crippen molar-refractivity contribution in [3.8, 4) is 0 Å². The van der Waals surface area contributed by atoms with E-state index in [-0.39, 0.29) is 28.8 Å². The van der Waals surface area contributed by atoms with Gasteiger partial charge in [0.25, 0.3) is 0 Å². The lowest BCUT2D eigenvalue weighted by Gasteiger charge is -2.39. The molecule has 0 aromatic heterocycles. The van der Waals surface area contributed by atoms with Crippen LogP contribution in [0.25, 0.3) is 0 Å². The third kappa shape index (κ3) is 4.41. The fraction of sp³-hybridized carbons (Fsp3) is 0.600. The highest BCUT2D eigenvalue weighted by atomic mass is 35.5. The van der Waals surface area contributed by atoms with Gasteiger partial charge in [0.05, 0.1) is 4.90 Å². The number of rotatable bonds is 4. The second-order valence-electron chi connectivity index (χ2n) is 6.36. The largest absolute Gasteiger partial charge is 0.312 e. The molecular formula is C15H24ClFN2O2S. The summed E-state index contributed by atoms with van der Waals surface area (Å²) in [6.45, 7) is 7.07. The van der Waals surface area contributed by atoms with Crippen LogP contribution in [0.5, 0.6) is 0 Å². The maximum Gasteiger partial charge on any atom is 0.240 e. The molecule has 1 fully saturated rings. The molecule has 0 spiro atoms. The lowest BCUT2D eigenvalue weighted by Crippen LogP contribution is -2.52. The van der Waals surface area contributed by atoms with E-state index >= 15 is 0 Å². The van der Waals surface area contributed by atoms with E-state index in [1.807, 2.05) is 0 Å². The van der Waals surface area contributed by atoms with Gasteiger partial charge in [-0.05, 0) is 49.4 Å². The molecule has 1 atom stereocenters. The van der Waals surface area contributed by atoms with Gasteiger partial charge in [0.15, 0.2) is 0 Å². The van der Waals surface area contributed by atoms with E-state index in [9.17, 15) is 12.8 Å². The average Bonchev–Trinajstić information content (AvgIpc) is 2.40. The first-order valence-electron chi connectivity index (χ1n) is 7.21. The van der Waals surface area contributed by atoms with Crippen LogP contribution in [-0.4, -0.2) is 27.5 Å². The molecule has 0 bridgehead atoms. The number of benzene rings is 1. The number of hydrogen-bond acceptors (Lipinski definition) is 3. The second-order valence-corrected chi connectivity index (χ2v) is 8.13. The van der Waals surface area contributed by atoms with E-state index in [0.29, 0.717) is 12.1 Å². The normalized spacial score (nSPS) is 21.2. The molecule has 1 aliphatic heterocycles. The van der Waals surface area contributed by atoms with E-state index in [2.05, 4.69) is 23.9 Å². The van der Waals surface area contributed by atoms with E-state index in [0.717, 1.165) is 25.5 Å². The fourth-order valence-electron chi connectivity index (χ4n) is 2.64. The Labute approximate surface area is 138 Å². The predicted octanol–water partition coefficient (Wildman–Crippen LogP) is 2.61. The predicted molar refractivity (Wildman–Crippen MR) is 88.4 cm³/mol. The Bertz CT molecular complexity index is 620. The highest BCUT2D eigenvalue weighted by Crippen LogP contribution is 2.29. The van der Waals surface area contributed by atoms with Crippen molar-refractivity contribution in [1.29, 1.82) is 0 Å². The first-order valence-corrected chi connectivity index (χ1v) is 8.70. The van der Waals surface area contributed by atoms with E-state index in [1.165, 1.54) is 12.1 Å². The first kappa shape index (κ1) is 19.4. The third-order valence-corrected chi connectivity index (χ3v) is 5.68. The van der Waals surface area contributed by atoms with Crippen LogP contribution in [0.15, 0.2) is 23.1 Å². The Hall–Kier alpha value is -0.690. The van der Waals surface area contributed by atoms with Gasteiger partial charge in [-0.3, -0.25) is 0 Å². The van der Waals surface area contributed by atoms with Crippen molar-refractivity contribution >= 4 is 22.4 Å². The highest BCUT2D eigenvalue weighted by molar-refractivity contribution is 7.89. The second kappa shape index (κ2) is 7.25. The van der Waals surface area contributed by atoms with Crippen molar-refractivity contribution in [2.24, 2.45) is 5.41 Å². The van der Waals surface area contributed by atoms with Gasteiger partial charge < -0.3 is 5.32 Å². The molecule has 7 heteroatoms. The van der Waals surface area contributed by atoms with Gasteiger partial charge in [0, 0.05) is 12.6 Å². The van der Waals surface area contributed by atoms with Crippen LogP contribution in [0.2, 0.25) is 0 Å². The van der Waals surface area contributed by atoms with Crippen LogP contribution >= 0.6 is 12.4 Å². The molecule has 0 amide bonds. The maximum absolute atomic E-state index is 13.5. The number of nitrogens with one attached hydrogen (secondary N) is 2. The monoisotopic (exact) mass is 350 g/mol. The third-order valence-electron chi connectivity index (χ3n) is 4.26. The smallest absolute Gasteiger partial charge is 0.240 e. The standard InChI is InChI=1S/C15H23FN2O2S.ClH/c1-11-5-6-12(9-13(11)16)21(19,20)18-10-14-15(2,3)7-4-8-17-14;/h5-6,9,14,17-18H,4,7-8,10H2,1-3H3;1H. The Morgan fingerprint density at radius 3 is 2.68 bits per heavy atom. The molecule has 1 heterocycles. The van der Waals surface area contributed by atoms with Crippen molar-refractivity contribution in [1.82, 2.24) is 10.0 Å². The molecule has 4 nitrogen and oxygen atoms in total. The summed E-state index contributed by atoms with van der Waals surface area (Å²) >= 11 is 0. The number of piperidine rings is 1. The molecule has 2 N–H and O–H groups in total. The lowest BCUT2D eigenvalue weighted by atomic mass is 9.78. The van der Waals surface area contributed by atoms with E-state index < -0.39 is 15.8 Å². The van der Waals surface area contributed by atoms with Gasteiger partial charge in [-0.2, -0.15) is 0 Å². The lowest BCUT2D eigenvalue weighted by molar-refractivity contribution is 0.181. The molecule has 2 rings (SSSR count). The Balaban J connectivity index is 0.00000242. The maximum atomic E-state index is 13.5. The van der Waals surface area contributed by atoms with Crippen LogP contribution in [0.1, 0.15) is 32.3 Å². The molecule has 126 valence electrons. The zero-order valence-corrected chi connectivity index (χ0v) is 14.8. The molecule has 0 radical (unpaired) electrons. The molecule has 1 saturated heterocycles. The van der Waals surface area contributed by atoms with E-state index in [1.54, 1.807) is 6.92 Å². The Morgan fingerprint density at radius 2 is 2.09 bits per heavy atom. The summed E-state index contributed by atoms with van der Waals surface area (Å²) in [6.07, 6.45) is 2.16. The Kier molecular flexibility index (Phi) is 6.38. The van der Waals surface area contributed by atoms with Crippen molar-refractivity contribution < 1.29 is 12.8 Å². The molecule has 0 aliphatic carbocycles. The molecule has 0 saturated carbocycles. The summed E-state index contributed by atoms with van der Waals surface area (Å²) in [4.78, 5) is -0.0285. The summed E-state index contributed by atoms with van der Waals surface area (Å²) < 4.78 is 40.6. The highest BCUT2D eigenvalue weighted by Gasteiger charge is 2.32. The van der Waals surface area contributed by atoms with Gasteiger partial charge in [0.1, 0.15) is 5.82 Å². The molecule has 1 aliphatic rings. The van der Waals surface area contributed by atoms with Crippen LogP contribution in [0, 0.1) is 18.2 Å². The van der Waals surface area contributed by atoms with Gasteiger partial charge in [-0.15, -0.1) is 12.4 Å². The van der Waals surface area contributed by atoms with Crippen LogP contribution in [0.3, 0.4) is 0 Å². The minimum atomic E-state index is -3.68. The van der Waals surface area contributed by atoms with E-state index in [4.69, 9.17) is 0 Å². The number of halogens is 2. The minimum absolute atomic E-state index is 0. The van der Waals surface area contributed by atoms with Crippen molar-refractivity contribution in [2.45, 2.75) is 44.6 Å². The molecule has 22 heavy (non-hydrogen) atoms. The topological polar surface area (TPSA) is 58.2 Å². The molecule has 1 unspecified atom stereocenters. The first-order chi connectivity index (χ1) is 9.72. The average molecular weight is 351 g/mol. The summed E-state index contributed by atoms with van der Waals surface area (Å²) in [5.74, 6) is -0.506. The minimum Gasteiger partial charge on any atom is -0.312 e. The molecule has 1 aromatic carbocycles. The van der Waals surface area contributed by atoms with Crippen LogP contribution in [0.4, 0.5) is 4.39 Å². The summed E-state index contributed by atoms with van der Waals surface area (Å²) in [6, 6.07) is 4.06. The summed E-state index contributed by atoms with van der Waals surface area (Å²) in [5, 5.41) is 3.35. The van der Waals surface area contributed by atoms with Crippen LogP contribution < -0.4 is 10.0 Å². The fourth-order valence-corrected chi connectivity index (χ4v) is 3.69. The zero-order valence-electron chi connectivity index (χ0n) is 13.1. The molecule has 1 aromatic rings. The quantitative estimate of drug-likeness (QED) is 0.877. The van der Waals surface area contributed by atoms with Crippen molar-refractivity contribution in [3.05, 3.63) is 29.6 Å². The number of hydrogen-bond donors (Lipinski definition) is 2. The number of aryl methyl sites for hydroxylation is 1. The van der Waals surface area contributed by atoms with Gasteiger partial charge >= 0.3 is 0 Å². The SMILES string of the molecule is Cc1ccc(S(=O)(=O)NCC2NCCCC2(C)C)cc1F.Cl. The Morgan fingerprint density at radius 1 is 1.41 bits per heavy atom. The molecular weight excluding hydrogens is 327 g/mol. The van der Waals surface area contributed by atoms with Gasteiger partial charge in [-0.1, -0.05) is 19.9 Å². The van der Waals surface area contributed by atoms with Gasteiger partial charge in [0.2, 0.25) is 10.0 Å². The van der Waals surface area contributed by atoms with Crippen molar-refractivity contribution in [2.75, 3.05) is 13.1 Å².